The molecule has 2 aliphatic rings. The van der Waals surface area contributed by atoms with E-state index in [-0.39, 0.29) is 17.1 Å². The van der Waals surface area contributed by atoms with Gasteiger partial charge in [0.25, 0.3) is 5.91 Å². The Hall–Kier alpha value is -3.88. The van der Waals surface area contributed by atoms with Crippen molar-refractivity contribution in [1.82, 2.24) is 19.8 Å². The first-order valence-electron chi connectivity index (χ1n) is 14.2. The number of fused-ring (bicyclic) bond motifs is 1. The Balaban J connectivity index is 1.11. The topological polar surface area (TPSA) is 93.7 Å². The second kappa shape index (κ2) is 10.2. The van der Waals surface area contributed by atoms with E-state index in [1.807, 2.05) is 24.3 Å². The molecule has 8 nitrogen and oxygen atoms in total. The average Bonchev–Trinajstić information content (AvgIpc) is 3.32. The summed E-state index contributed by atoms with van der Waals surface area (Å²) in [5.41, 5.74) is 5.92. The van der Waals surface area contributed by atoms with E-state index in [4.69, 9.17) is 9.72 Å². The molecule has 214 valence electrons. The smallest absolute Gasteiger partial charge is 0.255 e. The molecule has 3 N–H and O–H groups in total. The Morgan fingerprint density at radius 2 is 1.80 bits per heavy atom. The summed E-state index contributed by atoms with van der Waals surface area (Å²) in [6.07, 6.45) is 1.01. The molecule has 1 aromatic heterocycles. The molecule has 0 saturated carbocycles. The van der Waals surface area contributed by atoms with Gasteiger partial charge in [-0.2, -0.15) is 0 Å². The molecule has 2 fully saturated rings. The number of hydrogen-bond donors (Lipinski definition) is 3. The van der Waals surface area contributed by atoms with Crippen LogP contribution in [-0.2, 0) is 11.8 Å². The van der Waals surface area contributed by atoms with Gasteiger partial charge in [0.05, 0.1) is 23.7 Å². The maximum Gasteiger partial charge on any atom is 0.255 e. The highest BCUT2D eigenvalue weighted by atomic mass is 16.5. The highest BCUT2D eigenvalue weighted by Gasteiger charge is 2.49. The maximum atomic E-state index is 13.1. The van der Waals surface area contributed by atoms with Gasteiger partial charge in [0.1, 0.15) is 17.3 Å². The number of imidazole rings is 1. The van der Waals surface area contributed by atoms with Crippen LogP contribution in [0.3, 0.4) is 0 Å². The molecule has 2 saturated heterocycles. The number of anilines is 1. The fraction of sp³-hybridized carbons (Fsp3) is 0.394. The van der Waals surface area contributed by atoms with Gasteiger partial charge in [0.15, 0.2) is 0 Å². The second-order valence-corrected chi connectivity index (χ2v) is 12.9. The van der Waals surface area contributed by atoms with Gasteiger partial charge in [-0.25, -0.2) is 4.98 Å². The van der Waals surface area contributed by atoms with E-state index in [1.54, 1.807) is 25.3 Å². The number of ether oxygens (including phenoxy) is 1. The third-order valence-electron chi connectivity index (χ3n) is 8.38. The summed E-state index contributed by atoms with van der Waals surface area (Å²) in [5, 5.41) is 13.7. The Kier molecular flexibility index (Phi) is 6.78. The van der Waals surface area contributed by atoms with Gasteiger partial charge >= 0.3 is 0 Å². The van der Waals surface area contributed by atoms with Gasteiger partial charge in [0.2, 0.25) is 0 Å². The summed E-state index contributed by atoms with van der Waals surface area (Å²) < 4.78 is 5.51. The number of rotatable bonds is 7. The van der Waals surface area contributed by atoms with Crippen LogP contribution in [0.15, 0.2) is 54.6 Å². The number of hydrogen-bond acceptors (Lipinski definition) is 6. The lowest BCUT2D eigenvalue weighted by Crippen LogP contribution is -2.71. The number of aromatic hydroxyl groups is 1. The number of phenolic OH excluding ortho intramolecular Hbond substituents is 1. The van der Waals surface area contributed by atoms with E-state index >= 15 is 0 Å². The first-order valence-corrected chi connectivity index (χ1v) is 14.2. The molecule has 2 aliphatic heterocycles. The largest absolute Gasteiger partial charge is 0.507 e. The molecule has 0 radical (unpaired) electrons. The van der Waals surface area contributed by atoms with Gasteiger partial charge < -0.3 is 29.9 Å². The Morgan fingerprint density at radius 1 is 1.07 bits per heavy atom. The molecule has 0 aliphatic carbocycles. The fourth-order valence-corrected chi connectivity index (χ4v) is 6.39. The number of nitrogens with zero attached hydrogens (tertiary/aromatic N) is 3. The minimum atomic E-state index is -0.192. The van der Waals surface area contributed by atoms with Gasteiger partial charge in [-0.1, -0.05) is 32.9 Å². The zero-order chi connectivity index (χ0) is 28.9. The van der Waals surface area contributed by atoms with E-state index < -0.39 is 0 Å². The van der Waals surface area contributed by atoms with Crippen molar-refractivity contribution in [2.45, 2.75) is 32.6 Å². The number of methoxy groups -OCH3 is 1. The fourth-order valence-electron chi connectivity index (χ4n) is 6.39. The summed E-state index contributed by atoms with van der Waals surface area (Å²) in [4.78, 5) is 26.0. The molecular weight excluding hydrogens is 514 g/mol. The van der Waals surface area contributed by atoms with Crippen molar-refractivity contribution in [3.05, 3.63) is 71.3 Å². The van der Waals surface area contributed by atoms with Gasteiger partial charge in [-0.15, -0.1) is 0 Å². The van der Waals surface area contributed by atoms with Crippen LogP contribution in [0.2, 0.25) is 0 Å². The van der Waals surface area contributed by atoms with Crippen LogP contribution in [0, 0.1) is 5.41 Å². The van der Waals surface area contributed by atoms with E-state index in [0.29, 0.717) is 33.6 Å². The van der Waals surface area contributed by atoms with Crippen LogP contribution in [0.5, 0.6) is 11.5 Å². The molecule has 41 heavy (non-hydrogen) atoms. The summed E-state index contributed by atoms with van der Waals surface area (Å²) >= 11 is 0. The molecule has 0 atom stereocenters. The minimum absolute atomic E-state index is 0.0790. The first-order chi connectivity index (χ1) is 19.5. The zero-order valence-electron chi connectivity index (χ0n) is 24.5. The average molecular weight is 554 g/mol. The third-order valence-corrected chi connectivity index (χ3v) is 8.38. The predicted molar refractivity (Wildman–Crippen MR) is 163 cm³/mol. The number of nitrogens with one attached hydrogen (secondary N) is 2. The molecule has 0 bridgehead atoms. The highest BCUT2D eigenvalue weighted by Crippen LogP contribution is 2.40. The van der Waals surface area contributed by atoms with Crippen molar-refractivity contribution in [1.29, 1.82) is 0 Å². The minimum Gasteiger partial charge on any atom is -0.507 e. The van der Waals surface area contributed by atoms with Crippen LogP contribution in [-0.4, -0.2) is 77.7 Å². The van der Waals surface area contributed by atoms with Gasteiger partial charge in [-0.3, -0.25) is 4.79 Å². The molecular formula is C33H39N5O3. The van der Waals surface area contributed by atoms with Crippen molar-refractivity contribution in [2.24, 2.45) is 5.41 Å². The normalized spacial score (nSPS) is 16.9. The van der Waals surface area contributed by atoms with E-state index in [0.717, 1.165) is 29.7 Å². The lowest BCUT2D eigenvalue weighted by Gasteiger charge is -2.59. The van der Waals surface area contributed by atoms with Gasteiger partial charge in [-0.05, 0) is 60.8 Å². The summed E-state index contributed by atoms with van der Waals surface area (Å²) in [6.45, 7) is 12.3. The van der Waals surface area contributed by atoms with E-state index in [1.165, 1.54) is 31.7 Å². The van der Waals surface area contributed by atoms with Crippen molar-refractivity contribution in [3.8, 4) is 22.9 Å². The number of phenols is 1. The van der Waals surface area contributed by atoms with Crippen LogP contribution in [0.1, 0.15) is 42.3 Å². The molecule has 1 amide bonds. The summed E-state index contributed by atoms with van der Waals surface area (Å²) in [5.74, 6) is 1.05. The number of carbonyl (C=O) groups excluding carboxylic acids is 1. The molecule has 6 rings (SSSR count). The second-order valence-electron chi connectivity index (χ2n) is 12.9. The predicted octanol–water partition coefficient (Wildman–Crippen LogP) is 5.28. The lowest BCUT2D eigenvalue weighted by atomic mass is 9.73. The number of carbonyl (C=O) groups is 1. The van der Waals surface area contributed by atoms with Crippen LogP contribution in [0.25, 0.3) is 22.4 Å². The molecule has 1 spiro atoms. The third kappa shape index (κ3) is 5.42. The van der Waals surface area contributed by atoms with Crippen molar-refractivity contribution >= 4 is 22.6 Å². The summed E-state index contributed by atoms with van der Waals surface area (Å²) in [6, 6.07) is 17.1. The highest BCUT2D eigenvalue weighted by molar-refractivity contribution is 6.06. The maximum absolute atomic E-state index is 13.1. The Labute approximate surface area is 241 Å². The lowest BCUT2D eigenvalue weighted by molar-refractivity contribution is -0.103. The van der Waals surface area contributed by atoms with Crippen molar-refractivity contribution in [2.75, 3.05) is 52.2 Å². The number of amides is 1. The molecule has 4 aromatic rings. The van der Waals surface area contributed by atoms with Crippen molar-refractivity contribution in [3.63, 3.8) is 0 Å². The quantitative estimate of drug-likeness (QED) is 0.288. The van der Waals surface area contributed by atoms with Crippen LogP contribution >= 0.6 is 0 Å². The number of aromatic amines is 1. The van der Waals surface area contributed by atoms with Crippen LogP contribution in [0.4, 0.5) is 5.69 Å². The first kappa shape index (κ1) is 27.3. The van der Waals surface area contributed by atoms with Crippen LogP contribution < -0.4 is 10.1 Å². The van der Waals surface area contributed by atoms with Gasteiger partial charge in [0, 0.05) is 61.0 Å². The number of benzene rings is 3. The Bertz CT molecular complexity index is 1590. The Morgan fingerprint density at radius 3 is 2.46 bits per heavy atom. The molecule has 3 aromatic carbocycles. The zero-order valence-corrected chi connectivity index (χ0v) is 24.5. The van der Waals surface area contributed by atoms with Crippen molar-refractivity contribution < 1.29 is 14.6 Å². The van der Waals surface area contributed by atoms with E-state index in [2.05, 4.69) is 60.1 Å². The number of likely N-dealkylation sites (tertiary alicyclic amines) is 2. The molecule has 0 unspecified atom stereocenters. The van der Waals surface area contributed by atoms with E-state index in [9.17, 15) is 9.90 Å². The molecule has 8 heteroatoms. The SMILES string of the molecule is COc1cc(O)c(-c2nc3cc(C(=O)Nc4ccc(CCN5CC6(CN(C)C6)C5)cc4)ccc3[nH]2)cc1C(C)(C)C. The summed E-state index contributed by atoms with van der Waals surface area (Å²) in [7, 11) is 3.79. The number of aromatic nitrogens is 2. The molecule has 3 heterocycles. The monoisotopic (exact) mass is 553 g/mol. The number of H-pyrrole nitrogens is 1. The standard InChI is InChI=1S/C33H39N5O3/c1-32(2,3)25-15-24(28(39)16-29(25)41-5)30-35-26-11-8-22(14-27(26)36-30)31(40)34-23-9-6-21(7-10-23)12-13-38-19-33(20-38)17-37(4)18-33/h6-11,14-16,39H,12-13,17-20H2,1-5H3,(H,34,40)(H,35,36).